The number of ether oxygens (including phenoxy) is 2. The number of fused-ring (bicyclic) bond motifs is 3. The number of thiophene rings is 1. The van der Waals surface area contributed by atoms with Crippen LogP contribution in [0.5, 0.6) is 17.2 Å². The first kappa shape index (κ1) is 17.4. The maximum atomic E-state index is 9.90. The Bertz CT molecular complexity index is 1070. The molecule has 142 valence electrons. The van der Waals surface area contributed by atoms with E-state index < -0.39 is 0 Å². The fourth-order valence-electron chi connectivity index (χ4n) is 3.73. The van der Waals surface area contributed by atoms with Crippen LogP contribution in [0, 0.1) is 0 Å². The maximum Gasteiger partial charge on any atom is 0.214 e. The normalized spacial score (nSPS) is 20.2. The van der Waals surface area contributed by atoms with Crippen molar-refractivity contribution in [1.82, 2.24) is 5.01 Å². The van der Waals surface area contributed by atoms with Crippen molar-refractivity contribution < 1.29 is 14.6 Å². The lowest BCUT2D eigenvalue weighted by atomic mass is 9.96. The summed E-state index contributed by atoms with van der Waals surface area (Å²) < 4.78 is 11.6. The number of aromatic hydroxyl groups is 1. The summed E-state index contributed by atoms with van der Waals surface area (Å²) in [6.45, 7) is 0. The summed E-state index contributed by atoms with van der Waals surface area (Å²) >= 11 is 7.89. The van der Waals surface area contributed by atoms with Crippen molar-refractivity contribution in [2.24, 2.45) is 5.10 Å². The number of phenolic OH excluding ortho intramolecular Hbond substituents is 1. The minimum Gasteiger partial charge on any atom is -0.504 e. The summed E-state index contributed by atoms with van der Waals surface area (Å²) in [4.78, 5) is 0. The van der Waals surface area contributed by atoms with E-state index in [-0.39, 0.29) is 18.0 Å². The molecule has 0 amide bonds. The van der Waals surface area contributed by atoms with Crippen LogP contribution in [0.25, 0.3) is 0 Å². The minimum absolute atomic E-state index is 0.0298. The predicted octanol–water partition coefficient (Wildman–Crippen LogP) is 5.36. The van der Waals surface area contributed by atoms with Gasteiger partial charge in [-0.2, -0.15) is 16.4 Å². The SMILES string of the molecule is COc1cc(C2=NN3[C@@H](c4ccsc4)Oc4ccc(Cl)cc4[C@@H]3C2)ccc1O. The molecule has 1 N–H and O–H groups in total. The number of methoxy groups -OCH3 is 1. The molecular weight excluding hydrogens is 396 g/mol. The third-order valence-corrected chi connectivity index (χ3v) is 6.03. The molecule has 3 aromatic rings. The van der Waals surface area contributed by atoms with Gasteiger partial charge in [0.2, 0.25) is 6.23 Å². The van der Waals surface area contributed by atoms with Crippen LogP contribution >= 0.6 is 22.9 Å². The highest BCUT2D eigenvalue weighted by atomic mass is 35.5. The number of nitrogens with zero attached hydrogens (tertiary/aromatic N) is 2. The molecule has 0 aliphatic carbocycles. The van der Waals surface area contributed by atoms with Gasteiger partial charge in [0.1, 0.15) is 5.75 Å². The maximum absolute atomic E-state index is 9.90. The van der Waals surface area contributed by atoms with Gasteiger partial charge in [0.05, 0.1) is 18.9 Å². The summed E-state index contributed by atoms with van der Waals surface area (Å²) in [7, 11) is 1.54. The Morgan fingerprint density at radius 2 is 2.14 bits per heavy atom. The van der Waals surface area contributed by atoms with E-state index in [4.69, 9.17) is 26.2 Å². The smallest absolute Gasteiger partial charge is 0.214 e. The standard InChI is InChI=1S/C21H17ClN2O3S/c1-26-20-8-12(2-4-18(20)25)16-10-17-15-9-14(22)3-5-19(15)27-21(24(17)23-16)13-6-7-28-11-13/h2-9,11,17,21,25H,10H2,1H3/t17-,21+/m0/s1. The van der Waals surface area contributed by atoms with Crippen LogP contribution < -0.4 is 9.47 Å². The molecule has 0 spiro atoms. The van der Waals surface area contributed by atoms with Gasteiger partial charge >= 0.3 is 0 Å². The van der Waals surface area contributed by atoms with Crippen molar-refractivity contribution in [3.63, 3.8) is 0 Å². The average Bonchev–Trinajstić information content (AvgIpc) is 3.38. The molecule has 0 fully saturated rings. The van der Waals surface area contributed by atoms with Crippen LogP contribution in [0.4, 0.5) is 0 Å². The van der Waals surface area contributed by atoms with E-state index in [1.54, 1.807) is 17.4 Å². The summed E-state index contributed by atoms with van der Waals surface area (Å²) in [5.74, 6) is 1.37. The van der Waals surface area contributed by atoms with E-state index in [0.29, 0.717) is 17.2 Å². The van der Waals surface area contributed by atoms with Crippen LogP contribution in [0.2, 0.25) is 5.02 Å². The Kier molecular flexibility index (Phi) is 4.18. The highest BCUT2D eigenvalue weighted by molar-refractivity contribution is 7.07. The first-order valence-corrected chi connectivity index (χ1v) is 10.2. The molecule has 7 heteroatoms. The van der Waals surface area contributed by atoms with Crippen molar-refractivity contribution >= 4 is 28.6 Å². The van der Waals surface area contributed by atoms with Crippen LogP contribution in [0.1, 0.15) is 35.4 Å². The lowest BCUT2D eigenvalue weighted by Crippen LogP contribution is -2.33. The topological polar surface area (TPSA) is 54.3 Å². The second-order valence-electron chi connectivity index (χ2n) is 6.74. The van der Waals surface area contributed by atoms with E-state index in [2.05, 4.69) is 11.4 Å². The lowest BCUT2D eigenvalue weighted by molar-refractivity contribution is -0.0187. The number of halogens is 1. The number of hydrogen-bond donors (Lipinski definition) is 1. The van der Waals surface area contributed by atoms with Gasteiger partial charge in [-0.3, -0.25) is 0 Å². The predicted molar refractivity (Wildman–Crippen MR) is 110 cm³/mol. The fraction of sp³-hybridized carbons (Fsp3) is 0.190. The first-order valence-electron chi connectivity index (χ1n) is 8.85. The molecule has 0 unspecified atom stereocenters. The Morgan fingerprint density at radius 3 is 2.93 bits per heavy atom. The summed E-state index contributed by atoms with van der Waals surface area (Å²) in [5, 5.41) is 21.6. The van der Waals surface area contributed by atoms with Crippen molar-refractivity contribution in [3.05, 3.63) is 74.9 Å². The number of hydrazone groups is 1. The Labute approximate surface area is 171 Å². The average molecular weight is 413 g/mol. The van der Waals surface area contributed by atoms with E-state index in [1.165, 1.54) is 7.11 Å². The highest BCUT2D eigenvalue weighted by Gasteiger charge is 2.41. The molecule has 28 heavy (non-hydrogen) atoms. The molecule has 0 bridgehead atoms. The Balaban J connectivity index is 1.59. The van der Waals surface area contributed by atoms with E-state index in [1.807, 2.05) is 40.7 Å². The van der Waals surface area contributed by atoms with E-state index in [9.17, 15) is 5.11 Å². The fourth-order valence-corrected chi connectivity index (χ4v) is 4.57. The van der Waals surface area contributed by atoms with Gasteiger partial charge in [-0.15, -0.1) is 0 Å². The number of hydrogen-bond acceptors (Lipinski definition) is 6. The second-order valence-corrected chi connectivity index (χ2v) is 7.96. The van der Waals surface area contributed by atoms with Crippen molar-refractivity contribution in [1.29, 1.82) is 0 Å². The molecule has 2 aromatic carbocycles. The first-order chi connectivity index (χ1) is 13.6. The van der Waals surface area contributed by atoms with E-state index in [0.717, 1.165) is 28.2 Å². The third-order valence-electron chi connectivity index (χ3n) is 5.09. The molecule has 0 saturated heterocycles. The monoisotopic (exact) mass is 412 g/mol. The Morgan fingerprint density at radius 1 is 1.25 bits per heavy atom. The molecular formula is C21H17ClN2O3S. The molecule has 3 heterocycles. The molecule has 1 aromatic heterocycles. The van der Waals surface area contributed by atoms with Crippen molar-refractivity contribution in [2.75, 3.05) is 7.11 Å². The Hall–Kier alpha value is -2.70. The third kappa shape index (κ3) is 2.80. The quantitative estimate of drug-likeness (QED) is 0.629. The molecule has 5 rings (SSSR count). The van der Waals surface area contributed by atoms with Crippen molar-refractivity contribution in [3.8, 4) is 17.2 Å². The van der Waals surface area contributed by atoms with Gasteiger partial charge in [-0.05, 0) is 53.2 Å². The number of phenols is 1. The van der Waals surface area contributed by atoms with Gasteiger partial charge in [0, 0.05) is 28.1 Å². The summed E-state index contributed by atoms with van der Waals surface area (Å²) in [6.07, 6.45) is 0.423. The molecule has 0 saturated carbocycles. The van der Waals surface area contributed by atoms with Crippen LogP contribution in [-0.4, -0.2) is 22.9 Å². The summed E-state index contributed by atoms with van der Waals surface area (Å²) in [5.41, 5.74) is 3.93. The number of benzene rings is 2. The second kappa shape index (κ2) is 6.72. The molecule has 0 radical (unpaired) electrons. The van der Waals surface area contributed by atoms with Gasteiger partial charge in [-0.1, -0.05) is 11.6 Å². The van der Waals surface area contributed by atoms with Gasteiger partial charge in [0.15, 0.2) is 11.5 Å². The van der Waals surface area contributed by atoms with Crippen LogP contribution in [0.3, 0.4) is 0 Å². The summed E-state index contributed by atoms with van der Waals surface area (Å²) in [6, 6.07) is 13.1. The lowest BCUT2D eigenvalue weighted by Gasteiger charge is -2.37. The minimum atomic E-state index is -0.290. The molecule has 2 aliphatic rings. The van der Waals surface area contributed by atoms with Gasteiger partial charge in [0.25, 0.3) is 0 Å². The zero-order valence-corrected chi connectivity index (χ0v) is 16.6. The van der Waals surface area contributed by atoms with Crippen LogP contribution in [-0.2, 0) is 0 Å². The van der Waals surface area contributed by atoms with Gasteiger partial charge in [-0.25, -0.2) is 5.01 Å². The van der Waals surface area contributed by atoms with E-state index >= 15 is 0 Å². The van der Waals surface area contributed by atoms with Crippen molar-refractivity contribution in [2.45, 2.75) is 18.7 Å². The van der Waals surface area contributed by atoms with Crippen LogP contribution in [0.15, 0.2) is 58.3 Å². The molecule has 5 nitrogen and oxygen atoms in total. The molecule has 2 atom stereocenters. The number of rotatable bonds is 3. The molecule has 2 aliphatic heterocycles. The zero-order valence-electron chi connectivity index (χ0n) is 15.0. The largest absolute Gasteiger partial charge is 0.504 e. The highest BCUT2D eigenvalue weighted by Crippen LogP contribution is 2.48. The zero-order chi connectivity index (χ0) is 19.3. The van der Waals surface area contributed by atoms with Gasteiger partial charge < -0.3 is 14.6 Å².